The number of H-pyrrole nitrogens is 1. The Morgan fingerprint density at radius 1 is 0.907 bits per heavy atom. The van der Waals surface area contributed by atoms with Gasteiger partial charge in [-0.05, 0) is 65.8 Å². The van der Waals surface area contributed by atoms with E-state index in [1.165, 1.54) is 6.92 Å². The SMILES string of the molecule is CC(=O)O[C@@H](C)C(=O)NCc1cccc(-c2ccc([C@H]3O[C@@H](CN4CCC(n5c(=O)[nH]c6ccccc65)CC4)[C@@H](C)[C@@H](c4ccc(CO)cc4)O3)cc2)c1. The molecule has 1 aromatic heterocycles. The van der Waals surface area contributed by atoms with Gasteiger partial charge in [0, 0.05) is 50.6 Å². The Morgan fingerprint density at radius 2 is 1.63 bits per heavy atom. The lowest BCUT2D eigenvalue weighted by Gasteiger charge is -2.44. The summed E-state index contributed by atoms with van der Waals surface area (Å²) in [6.07, 6.45) is -0.0484. The molecule has 2 aliphatic heterocycles. The molecule has 2 saturated heterocycles. The second kappa shape index (κ2) is 16.5. The fourth-order valence-corrected chi connectivity index (χ4v) is 7.71. The van der Waals surface area contributed by atoms with Crippen molar-refractivity contribution in [1.82, 2.24) is 19.8 Å². The number of aliphatic hydroxyl groups excluding tert-OH is 1. The highest BCUT2D eigenvalue weighted by Gasteiger charge is 2.39. The van der Waals surface area contributed by atoms with Crippen molar-refractivity contribution in [3.8, 4) is 11.1 Å². The summed E-state index contributed by atoms with van der Waals surface area (Å²) in [6, 6.07) is 32.1. The molecule has 3 heterocycles. The molecule has 54 heavy (non-hydrogen) atoms. The number of aromatic amines is 1. The van der Waals surface area contributed by atoms with Crippen molar-refractivity contribution in [3.05, 3.63) is 130 Å². The fraction of sp³-hybridized carbons (Fsp3) is 0.372. The molecule has 11 heteroatoms. The van der Waals surface area contributed by atoms with Gasteiger partial charge in [-0.3, -0.25) is 14.2 Å². The normalized spacial score (nSPS) is 21.5. The highest BCUT2D eigenvalue weighted by molar-refractivity contribution is 5.83. The highest BCUT2D eigenvalue weighted by Crippen LogP contribution is 2.42. The van der Waals surface area contributed by atoms with Crippen LogP contribution in [-0.4, -0.2) is 63.3 Å². The van der Waals surface area contributed by atoms with E-state index in [1.54, 1.807) is 6.92 Å². The number of nitrogens with zero attached hydrogens (tertiary/aromatic N) is 2. The van der Waals surface area contributed by atoms with Gasteiger partial charge in [0.25, 0.3) is 5.91 Å². The van der Waals surface area contributed by atoms with Crippen LogP contribution in [0.5, 0.6) is 0 Å². The number of carbonyl (C=O) groups excluding carboxylic acids is 2. The molecule has 0 unspecified atom stereocenters. The van der Waals surface area contributed by atoms with E-state index in [4.69, 9.17) is 14.2 Å². The zero-order valence-electron chi connectivity index (χ0n) is 30.9. The summed E-state index contributed by atoms with van der Waals surface area (Å²) in [4.78, 5) is 41.9. The molecule has 11 nitrogen and oxygen atoms in total. The molecule has 2 fully saturated rings. The van der Waals surface area contributed by atoms with E-state index >= 15 is 0 Å². The number of amides is 1. The van der Waals surface area contributed by atoms with Crippen molar-refractivity contribution in [3.63, 3.8) is 0 Å². The zero-order chi connectivity index (χ0) is 37.8. The molecule has 4 aromatic carbocycles. The van der Waals surface area contributed by atoms with Crippen molar-refractivity contribution >= 4 is 22.9 Å². The first kappa shape index (κ1) is 37.3. The average molecular weight is 733 g/mol. The van der Waals surface area contributed by atoms with Gasteiger partial charge in [-0.25, -0.2) is 4.79 Å². The lowest BCUT2D eigenvalue weighted by molar-refractivity contribution is -0.276. The Labute approximate surface area is 314 Å². The predicted molar refractivity (Wildman–Crippen MR) is 205 cm³/mol. The number of benzene rings is 4. The van der Waals surface area contributed by atoms with Gasteiger partial charge in [0.15, 0.2) is 12.4 Å². The number of carbonyl (C=O) groups is 2. The number of aliphatic hydroxyl groups is 1. The van der Waals surface area contributed by atoms with Crippen molar-refractivity contribution in [2.45, 2.75) is 77.4 Å². The maximum atomic E-state index is 12.9. The summed E-state index contributed by atoms with van der Waals surface area (Å²) < 4.78 is 20.4. The number of nitrogens with one attached hydrogen (secondary N) is 2. The van der Waals surface area contributed by atoms with Gasteiger partial charge >= 0.3 is 11.7 Å². The molecule has 0 radical (unpaired) electrons. The molecule has 1 amide bonds. The second-order valence-electron chi connectivity index (χ2n) is 14.5. The summed E-state index contributed by atoms with van der Waals surface area (Å²) in [5.74, 6) is -0.800. The van der Waals surface area contributed by atoms with Gasteiger partial charge in [-0.2, -0.15) is 0 Å². The third-order valence-electron chi connectivity index (χ3n) is 10.7. The van der Waals surface area contributed by atoms with E-state index in [9.17, 15) is 19.5 Å². The third-order valence-corrected chi connectivity index (χ3v) is 10.7. The molecule has 0 spiro atoms. The molecular weight excluding hydrogens is 684 g/mol. The van der Waals surface area contributed by atoms with Crippen LogP contribution in [0.1, 0.15) is 74.3 Å². The average Bonchev–Trinajstić information content (AvgIpc) is 3.53. The minimum Gasteiger partial charge on any atom is -0.453 e. The van der Waals surface area contributed by atoms with Crippen molar-refractivity contribution in [1.29, 1.82) is 0 Å². The molecule has 5 aromatic rings. The van der Waals surface area contributed by atoms with Gasteiger partial charge in [0.1, 0.15) is 0 Å². The topological polar surface area (TPSA) is 135 Å². The Hall–Kier alpha value is -5.07. The lowest BCUT2D eigenvalue weighted by Crippen LogP contribution is -2.47. The van der Waals surface area contributed by atoms with Gasteiger partial charge in [0.2, 0.25) is 0 Å². The largest absolute Gasteiger partial charge is 0.453 e. The maximum Gasteiger partial charge on any atom is 0.326 e. The van der Waals surface area contributed by atoms with E-state index < -0.39 is 18.4 Å². The smallest absolute Gasteiger partial charge is 0.326 e. The Balaban J connectivity index is 1.05. The van der Waals surface area contributed by atoms with Gasteiger partial charge < -0.3 is 34.5 Å². The summed E-state index contributed by atoms with van der Waals surface area (Å²) in [5, 5.41) is 12.5. The van der Waals surface area contributed by atoms with Gasteiger partial charge in [-0.1, -0.05) is 85.8 Å². The Kier molecular flexibility index (Phi) is 11.4. The van der Waals surface area contributed by atoms with E-state index in [2.05, 4.69) is 34.3 Å². The van der Waals surface area contributed by atoms with Crippen LogP contribution in [0.2, 0.25) is 0 Å². The minimum atomic E-state index is -0.861. The molecule has 7 rings (SSSR count). The molecule has 0 aliphatic carbocycles. The highest BCUT2D eigenvalue weighted by atomic mass is 16.7. The Morgan fingerprint density at radius 3 is 2.35 bits per heavy atom. The molecular formula is C43H48N4O7. The van der Waals surface area contributed by atoms with Crippen LogP contribution < -0.4 is 11.0 Å². The predicted octanol–water partition coefficient (Wildman–Crippen LogP) is 6.19. The van der Waals surface area contributed by atoms with Crippen LogP contribution in [0.15, 0.2) is 102 Å². The van der Waals surface area contributed by atoms with Crippen LogP contribution in [0.3, 0.4) is 0 Å². The third kappa shape index (κ3) is 8.34. The van der Waals surface area contributed by atoms with Crippen molar-refractivity contribution in [2.75, 3.05) is 19.6 Å². The van der Waals surface area contributed by atoms with Crippen LogP contribution in [0.4, 0.5) is 0 Å². The fourth-order valence-electron chi connectivity index (χ4n) is 7.71. The number of fused-ring (bicyclic) bond motifs is 1. The van der Waals surface area contributed by atoms with Gasteiger partial charge in [0.05, 0.1) is 29.8 Å². The quantitative estimate of drug-likeness (QED) is 0.137. The van der Waals surface area contributed by atoms with Gasteiger partial charge in [-0.15, -0.1) is 0 Å². The van der Waals surface area contributed by atoms with E-state index in [-0.39, 0.29) is 42.4 Å². The minimum absolute atomic E-state index is 0.0183. The van der Waals surface area contributed by atoms with E-state index in [0.29, 0.717) is 6.54 Å². The number of hydrogen-bond acceptors (Lipinski definition) is 8. The molecule has 0 saturated carbocycles. The van der Waals surface area contributed by atoms with Crippen LogP contribution in [-0.2, 0) is 37.0 Å². The number of likely N-dealkylation sites (tertiary alicyclic amines) is 1. The van der Waals surface area contributed by atoms with Crippen molar-refractivity contribution in [2.24, 2.45) is 5.92 Å². The van der Waals surface area contributed by atoms with Crippen LogP contribution in [0, 0.1) is 5.92 Å². The maximum absolute atomic E-state index is 12.9. The summed E-state index contributed by atoms with van der Waals surface area (Å²) in [6.45, 7) is 7.74. The molecule has 0 bridgehead atoms. The van der Waals surface area contributed by atoms with Crippen LogP contribution in [0.25, 0.3) is 22.2 Å². The van der Waals surface area contributed by atoms with E-state index in [1.807, 2.05) is 89.5 Å². The van der Waals surface area contributed by atoms with E-state index in [0.717, 1.165) is 76.9 Å². The number of ether oxygens (including phenoxy) is 3. The molecule has 282 valence electrons. The summed E-state index contributed by atoms with van der Waals surface area (Å²) in [5.41, 5.74) is 7.50. The number of aromatic nitrogens is 2. The summed E-state index contributed by atoms with van der Waals surface area (Å²) in [7, 11) is 0. The monoisotopic (exact) mass is 732 g/mol. The van der Waals surface area contributed by atoms with Crippen LogP contribution >= 0.6 is 0 Å². The number of imidazole rings is 1. The molecule has 2 aliphatic rings. The first-order chi connectivity index (χ1) is 26.2. The number of piperidine rings is 1. The second-order valence-corrected chi connectivity index (χ2v) is 14.5. The summed E-state index contributed by atoms with van der Waals surface area (Å²) >= 11 is 0. The first-order valence-electron chi connectivity index (χ1n) is 18.7. The molecule has 5 atom stereocenters. The number of para-hydroxylation sites is 2. The first-order valence-corrected chi connectivity index (χ1v) is 18.7. The standard InChI is InChI=1S/C43H48N4O7/c1-27-39(25-46-21-19-36(20-22-46)47-38-10-5-4-9-37(38)45-43(47)51)53-42(54-40(27)33-13-11-30(26-48)12-14-33)34-17-15-32(16-18-34)35-8-6-7-31(23-35)24-44-41(50)28(2)52-29(3)49/h4-18,23,27-28,36,39-40,42,48H,19-22,24-26H2,1-3H3,(H,44,50)(H,45,51)/t27-,28+,39+,40+,42+/m1/s1. The molecule has 3 N–H and O–H groups in total. The number of rotatable bonds is 11. The number of esters is 1. The Bertz CT molecular complexity index is 2120. The zero-order valence-corrected chi connectivity index (χ0v) is 30.9. The lowest BCUT2D eigenvalue weighted by atomic mass is 9.89. The van der Waals surface area contributed by atoms with Crippen molar-refractivity contribution < 1.29 is 28.9 Å². The number of hydrogen-bond donors (Lipinski definition) is 3.